The van der Waals surface area contributed by atoms with Crippen LogP contribution < -0.4 is 32.2 Å². The molecule has 0 radical (unpaired) electrons. The Morgan fingerprint density at radius 2 is 1.52 bits per heavy atom. The maximum atomic E-state index is 12.4. The molecule has 0 unspecified atom stereocenters. The molecule has 138 valence electrons. The fourth-order valence-corrected chi connectivity index (χ4v) is 2.51. The van der Waals surface area contributed by atoms with Crippen LogP contribution in [0.15, 0.2) is 79.0 Å². The average Bonchev–Trinajstić information content (AvgIpc) is 2.66. The van der Waals surface area contributed by atoms with Crippen molar-refractivity contribution in [3.8, 4) is 0 Å². The fourth-order valence-electron chi connectivity index (χ4n) is 2.51. The first-order valence-corrected chi connectivity index (χ1v) is 8.33. The molecule has 0 atom stereocenters. The molecular weight excluding hydrogens is 406 g/mol. The Balaban J connectivity index is 0.00000261. The van der Waals surface area contributed by atoms with Crippen LogP contribution in [-0.2, 0) is 6.54 Å². The first-order chi connectivity index (χ1) is 12.6. The highest BCUT2D eigenvalue weighted by Gasteiger charge is 2.17. The van der Waals surface area contributed by atoms with E-state index in [1.165, 1.54) is 0 Å². The minimum Gasteiger partial charge on any atom is -1.00 e. The van der Waals surface area contributed by atoms with Crippen LogP contribution in [-0.4, -0.2) is 11.8 Å². The summed E-state index contributed by atoms with van der Waals surface area (Å²) in [5, 5.41) is 5.57. The number of pyridine rings is 1. The summed E-state index contributed by atoms with van der Waals surface area (Å²) >= 11 is 0. The monoisotopic (exact) mass is 425 g/mol. The molecule has 0 aliphatic heterocycles. The Hall–Kier alpha value is -2.99. The summed E-state index contributed by atoms with van der Waals surface area (Å²) in [5.74, 6) is 0.519. The molecule has 2 aromatic carbocycles. The summed E-state index contributed by atoms with van der Waals surface area (Å²) in [6.45, 7) is 2.13. The van der Waals surface area contributed by atoms with Crippen molar-refractivity contribution in [1.29, 1.82) is 0 Å². The number of Topliss-reactive ketones (excluding diaryl/α,β-unsaturated/α-hetero) is 1. The highest BCUT2D eigenvalue weighted by molar-refractivity contribution is 5.99. The number of halogens is 1. The van der Waals surface area contributed by atoms with Gasteiger partial charge in [-0.1, -0.05) is 54.1 Å². The lowest BCUT2D eigenvalue weighted by Crippen LogP contribution is -3.00. The average molecular weight is 426 g/mol. The third-order valence-electron chi connectivity index (χ3n) is 3.90. The SMILES string of the molecule is Cc1ccc(NC(=O)Nc2cccc[n+]2CC(=O)c2ccccc2)cc1.[Br-]. The molecule has 3 aromatic rings. The van der Waals surface area contributed by atoms with E-state index < -0.39 is 0 Å². The maximum absolute atomic E-state index is 12.4. The third-order valence-corrected chi connectivity index (χ3v) is 3.90. The second-order valence-corrected chi connectivity index (χ2v) is 5.95. The molecule has 0 saturated heterocycles. The lowest BCUT2D eigenvalue weighted by Gasteiger charge is -2.07. The van der Waals surface area contributed by atoms with Gasteiger partial charge in [0.1, 0.15) is 0 Å². The van der Waals surface area contributed by atoms with E-state index in [1.54, 1.807) is 29.0 Å². The van der Waals surface area contributed by atoms with Gasteiger partial charge in [0, 0.05) is 17.3 Å². The van der Waals surface area contributed by atoms with Crippen LogP contribution in [0.5, 0.6) is 0 Å². The number of nitrogens with zero attached hydrogens (tertiary/aromatic N) is 1. The minimum absolute atomic E-state index is 0. The number of benzene rings is 2. The van der Waals surface area contributed by atoms with Crippen molar-refractivity contribution in [3.05, 3.63) is 90.1 Å². The molecule has 0 aliphatic carbocycles. The molecule has 27 heavy (non-hydrogen) atoms. The van der Waals surface area contributed by atoms with Gasteiger partial charge in [-0.15, -0.1) is 0 Å². The number of amides is 2. The number of carbonyl (C=O) groups excluding carboxylic acids is 2. The second-order valence-electron chi connectivity index (χ2n) is 5.95. The van der Waals surface area contributed by atoms with Gasteiger partial charge in [0.2, 0.25) is 5.78 Å². The Labute approximate surface area is 168 Å². The van der Waals surface area contributed by atoms with Gasteiger partial charge in [-0.2, -0.15) is 5.32 Å². The van der Waals surface area contributed by atoms with E-state index in [1.807, 2.05) is 61.5 Å². The van der Waals surface area contributed by atoms with Gasteiger partial charge in [-0.25, -0.2) is 9.36 Å². The molecule has 0 fully saturated rings. The maximum Gasteiger partial charge on any atom is 0.411 e. The molecule has 0 aliphatic rings. The first-order valence-electron chi connectivity index (χ1n) is 8.33. The molecule has 2 amide bonds. The molecule has 5 nitrogen and oxygen atoms in total. The van der Waals surface area contributed by atoms with Gasteiger partial charge >= 0.3 is 6.03 Å². The van der Waals surface area contributed by atoms with Crippen LogP contribution in [0.25, 0.3) is 0 Å². The summed E-state index contributed by atoms with van der Waals surface area (Å²) in [6, 6.07) is 21.7. The van der Waals surface area contributed by atoms with Crippen molar-refractivity contribution in [2.75, 3.05) is 10.6 Å². The lowest BCUT2D eigenvalue weighted by atomic mass is 10.1. The Morgan fingerprint density at radius 1 is 0.852 bits per heavy atom. The third kappa shape index (κ3) is 5.76. The number of aryl methyl sites for hydroxylation is 1. The molecule has 1 aromatic heterocycles. The van der Waals surface area contributed by atoms with Gasteiger partial charge in [-0.05, 0) is 25.1 Å². The van der Waals surface area contributed by atoms with Gasteiger partial charge in [0.05, 0.1) is 6.20 Å². The zero-order chi connectivity index (χ0) is 18.4. The van der Waals surface area contributed by atoms with Crippen molar-refractivity contribution >= 4 is 23.3 Å². The highest BCUT2D eigenvalue weighted by Crippen LogP contribution is 2.09. The van der Waals surface area contributed by atoms with E-state index in [-0.39, 0.29) is 35.3 Å². The van der Waals surface area contributed by atoms with Gasteiger partial charge in [0.15, 0.2) is 6.54 Å². The molecule has 0 spiro atoms. The van der Waals surface area contributed by atoms with Crippen LogP contribution in [0.2, 0.25) is 0 Å². The molecule has 2 N–H and O–H groups in total. The Bertz CT molecular complexity index is 912. The Kier molecular flexibility index (Phi) is 7.25. The van der Waals surface area contributed by atoms with Crippen molar-refractivity contribution in [2.24, 2.45) is 0 Å². The zero-order valence-corrected chi connectivity index (χ0v) is 16.4. The lowest BCUT2D eigenvalue weighted by molar-refractivity contribution is -0.668. The number of anilines is 2. The fraction of sp³-hybridized carbons (Fsp3) is 0.0952. The van der Waals surface area contributed by atoms with Crippen molar-refractivity contribution < 1.29 is 31.1 Å². The summed E-state index contributed by atoms with van der Waals surface area (Å²) < 4.78 is 1.71. The van der Waals surface area contributed by atoms with E-state index in [9.17, 15) is 9.59 Å². The predicted molar refractivity (Wildman–Crippen MR) is 101 cm³/mol. The molecule has 1 heterocycles. The molecule has 0 saturated carbocycles. The largest absolute Gasteiger partial charge is 1.00 e. The standard InChI is InChI=1S/C21H19N3O2.BrH/c1-16-10-12-18(13-11-16)22-21(26)23-20-9-5-6-14-24(20)15-19(25)17-7-3-2-4-8-17;/h2-14H,15H2,1H3,(H,22,26);1H. The molecule has 3 rings (SSSR count). The minimum atomic E-state index is -0.360. The normalized spacial score (nSPS) is 9.81. The topological polar surface area (TPSA) is 62.1 Å². The van der Waals surface area contributed by atoms with E-state index in [2.05, 4.69) is 10.6 Å². The number of hydrogen-bond acceptors (Lipinski definition) is 2. The van der Waals surface area contributed by atoms with Gasteiger partial charge in [-0.3, -0.25) is 10.1 Å². The quantitative estimate of drug-likeness (QED) is 0.469. The van der Waals surface area contributed by atoms with E-state index in [4.69, 9.17) is 0 Å². The van der Waals surface area contributed by atoms with E-state index in [0.717, 1.165) is 5.56 Å². The zero-order valence-electron chi connectivity index (χ0n) is 14.9. The summed E-state index contributed by atoms with van der Waals surface area (Å²) in [5.41, 5.74) is 2.46. The van der Waals surface area contributed by atoms with E-state index in [0.29, 0.717) is 17.1 Å². The number of urea groups is 1. The van der Waals surface area contributed by atoms with Crippen molar-refractivity contribution in [2.45, 2.75) is 13.5 Å². The molecule has 6 heteroatoms. The van der Waals surface area contributed by atoms with Gasteiger partial charge in [0.25, 0.3) is 5.82 Å². The van der Waals surface area contributed by atoms with E-state index >= 15 is 0 Å². The predicted octanol–water partition coefficient (Wildman–Crippen LogP) is 0.813. The first kappa shape index (κ1) is 20.3. The van der Waals surface area contributed by atoms with Crippen molar-refractivity contribution in [3.63, 3.8) is 0 Å². The number of nitrogens with one attached hydrogen (secondary N) is 2. The molecular formula is C21H20BrN3O2. The Morgan fingerprint density at radius 3 is 2.22 bits per heavy atom. The number of ketones is 1. The summed E-state index contributed by atoms with van der Waals surface area (Å²) in [7, 11) is 0. The van der Waals surface area contributed by atoms with Gasteiger partial charge < -0.3 is 17.0 Å². The van der Waals surface area contributed by atoms with Crippen LogP contribution in [0.3, 0.4) is 0 Å². The summed E-state index contributed by atoms with van der Waals surface area (Å²) in [6.07, 6.45) is 1.77. The summed E-state index contributed by atoms with van der Waals surface area (Å²) in [4.78, 5) is 24.7. The molecule has 0 bridgehead atoms. The highest BCUT2D eigenvalue weighted by atomic mass is 79.9. The van der Waals surface area contributed by atoms with Crippen LogP contribution in [0, 0.1) is 6.92 Å². The number of rotatable bonds is 5. The van der Waals surface area contributed by atoms with Crippen molar-refractivity contribution in [1.82, 2.24) is 0 Å². The second kappa shape index (κ2) is 9.64. The number of carbonyl (C=O) groups is 2. The van der Waals surface area contributed by atoms with Crippen LogP contribution in [0.4, 0.5) is 16.3 Å². The van der Waals surface area contributed by atoms with Crippen LogP contribution in [0.1, 0.15) is 15.9 Å². The smallest absolute Gasteiger partial charge is 0.411 e. The van der Waals surface area contributed by atoms with Crippen LogP contribution >= 0.6 is 0 Å². The number of aromatic nitrogens is 1. The number of hydrogen-bond donors (Lipinski definition) is 2.